The van der Waals surface area contributed by atoms with Crippen LogP contribution in [-0.4, -0.2) is 22.3 Å². The molecular formula is C6H10O3. The third-order valence-corrected chi connectivity index (χ3v) is 1.85. The van der Waals surface area contributed by atoms with E-state index in [4.69, 9.17) is 10.2 Å². The number of hydrogen-bond acceptors (Lipinski definition) is 2. The van der Waals surface area contributed by atoms with E-state index < -0.39 is 12.1 Å². The number of aliphatic carboxylic acids is 1. The van der Waals surface area contributed by atoms with Gasteiger partial charge in [-0.05, 0) is 18.8 Å². The average molecular weight is 130 g/mol. The second-order valence-corrected chi connectivity index (χ2v) is 2.47. The first-order chi connectivity index (χ1) is 4.22. The first-order valence-corrected chi connectivity index (χ1v) is 3.12. The largest absolute Gasteiger partial charge is 0.479 e. The number of rotatable bonds is 2. The molecule has 0 heterocycles. The Morgan fingerprint density at radius 2 is 2.11 bits per heavy atom. The van der Waals surface area contributed by atoms with Crippen LogP contribution in [0.25, 0.3) is 0 Å². The van der Waals surface area contributed by atoms with Crippen LogP contribution in [0.5, 0.6) is 0 Å². The quantitative estimate of drug-likeness (QED) is 0.562. The molecule has 0 amide bonds. The van der Waals surface area contributed by atoms with E-state index in [1.807, 2.05) is 0 Å². The molecular weight excluding hydrogens is 120 g/mol. The Morgan fingerprint density at radius 3 is 2.22 bits per heavy atom. The van der Waals surface area contributed by atoms with Gasteiger partial charge in [0.05, 0.1) is 0 Å². The molecule has 0 bridgehead atoms. The molecule has 1 rings (SSSR count). The van der Waals surface area contributed by atoms with Gasteiger partial charge in [-0.2, -0.15) is 0 Å². The van der Waals surface area contributed by atoms with Gasteiger partial charge in [0.25, 0.3) is 0 Å². The van der Waals surface area contributed by atoms with Crippen molar-refractivity contribution in [2.24, 2.45) is 5.92 Å². The Bertz CT molecular complexity index is 117. The molecule has 2 N–H and O–H groups in total. The van der Waals surface area contributed by atoms with Crippen LogP contribution in [0.4, 0.5) is 0 Å². The molecule has 1 aliphatic rings. The maximum absolute atomic E-state index is 10.1. The van der Waals surface area contributed by atoms with Crippen molar-refractivity contribution in [1.29, 1.82) is 0 Å². The molecule has 52 valence electrons. The van der Waals surface area contributed by atoms with Gasteiger partial charge in [-0.3, -0.25) is 0 Å². The molecule has 1 saturated carbocycles. The van der Waals surface area contributed by atoms with Crippen LogP contribution in [0.1, 0.15) is 19.3 Å². The van der Waals surface area contributed by atoms with Gasteiger partial charge in [-0.15, -0.1) is 0 Å². The molecule has 0 saturated heterocycles. The molecule has 0 aromatic rings. The topological polar surface area (TPSA) is 57.5 Å². The molecule has 0 spiro atoms. The van der Waals surface area contributed by atoms with Crippen molar-refractivity contribution in [3.63, 3.8) is 0 Å². The summed E-state index contributed by atoms with van der Waals surface area (Å²) in [5.41, 5.74) is 0. The highest BCUT2D eigenvalue weighted by Crippen LogP contribution is 2.29. The molecule has 0 radical (unpaired) electrons. The van der Waals surface area contributed by atoms with Crippen LogP contribution in [0, 0.1) is 5.92 Å². The lowest BCUT2D eigenvalue weighted by Crippen LogP contribution is -2.33. The minimum atomic E-state index is -1.11. The fraction of sp³-hybridized carbons (Fsp3) is 0.833. The third-order valence-electron chi connectivity index (χ3n) is 1.85. The minimum absolute atomic E-state index is 0.0301. The molecule has 1 atom stereocenters. The highest BCUT2D eigenvalue weighted by molar-refractivity contribution is 5.72. The van der Waals surface area contributed by atoms with Crippen molar-refractivity contribution in [3.8, 4) is 0 Å². The first-order valence-electron chi connectivity index (χ1n) is 3.12. The van der Waals surface area contributed by atoms with Crippen LogP contribution in [0.3, 0.4) is 0 Å². The molecule has 0 unspecified atom stereocenters. The summed E-state index contributed by atoms with van der Waals surface area (Å²) in [5, 5.41) is 17.1. The second kappa shape index (κ2) is 2.35. The van der Waals surface area contributed by atoms with Crippen LogP contribution in [0.2, 0.25) is 0 Å². The van der Waals surface area contributed by atoms with E-state index in [0.717, 1.165) is 19.3 Å². The molecule has 0 aromatic heterocycles. The van der Waals surface area contributed by atoms with Crippen LogP contribution in [0.15, 0.2) is 0 Å². The summed E-state index contributed by atoms with van der Waals surface area (Å²) in [6.07, 6.45) is 1.69. The van der Waals surface area contributed by atoms with E-state index in [1.54, 1.807) is 0 Å². The monoisotopic (exact) mass is 130 g/mol. The average Bonchev–Trinajstić information content (AvgIpc) is 1.60. The van der Waals surface area contributed by atoms with Crippen molar-refractivity contribution in [2.75, 3.05) is 0 Å². The molecule has 9 heavy (non-hydrogen) atoms. The summed E-state index contributed by atoms with van der Waals surface area (Å²) in [5.74, 6) is -1.05. The zero-order chi connectivity index (χ0) is 6.85. The normalized spacial score (nSPS) is 22.8. The Labute approximate surface area is 53.3 Å². The summed E-state index contributed by atoms with van der Waals surface area (Å²) in [6, 6.07) is 0. The smallest absolute Gasteiger partial charge is 0.332 e. The Balaban J connectivity index is 2.32. The SMILES string of the molecule is O=C(O)[C@H](O)C1CCC1. The summed E-state index contributed by atoms with van der Waals surface area (Å²) in [6.45, 7) is 0. The van der Waals surface area contributed by atoms with Crippen molar-refractivity contribution >= 4 is 5.97 Å². The molecule has 0 aromatic carbocycles. The maximum atomic E-state index is 10.1. The number of carboxylic acids is 1. The number of aliphatic hydroxyl groups excluding tert-OH is 1. The van der Waals surface area contributed by atoms with Gasteiger partial charge in [0, 0.05) is 0 Å². The van der Waals surface area contributed by atoms with Crippen LogP contribution < -0.4 is 0 Å². The zero-order valence-corrected chi connectivity index (χ0v) is 5.08. The number of carboxylic acid groups (broad SMARTS) is 1. The highest BCUT2D eigenvalue weighted by Gasteiger charge is 2.30. The lowest BCUT2D eigenvalue weighted by molar-refractivity contribution is -0.151. The first kappa shape index (κ1) is 6.55. The molecule has 1 aliphatic carbocycles. The van der Waals surface area contributed by atoms with E-state index in [-0.39, 0.29) is 5.92 Å². The molecule has 3 nitrogen and oxygen atoms in total. The standard InChI is InChI=1S/C6H10O3/c7-5(6(8)9)4-2-1-3-4/h4-5,7H,1-3H2,(H,8,9)/t5-/m1/s1. The van der Waals surface area contributed by atoms with Crippen molar-refractivity contribution in [1.82, 2.24) is 0 Å². The highest BCUT2D eigenvalue weighted by atomic mass is 16.4. The van der Waals surface area contributed by atoms with E-state index in [1.165, 1.54) is 0 Å². The Kier molecular flexibility index (Phi) is 1.71. The van der Waals surface area contributed by atoms with Gasteiger partial charge < -0.3 is 10.2 Å². The summed E-state index contributed by atoms with van der Waals surface area (Å²) in [7, 11) is 0. The van der Waals surface area contributed by atoms with Crippen molar-refractivity contribution in [3.05, 3.63) is 0 Å². The molecule has 1 fully saturated rings. The molecule has 3 heteroatoms. The maximum Gasteiger partial charge on any atom is 0.332 e. The Hall–Kier alpha value is -0.570. The number of hydrogen-bond donors (Lipinski definition) is 2. The predicted molar refractivity (Wildman–Crippen MR) is 31.0 cm³/mol. The van der Waals surface area contributed by atoms with Crippen LogP contribution >= 0.6 is 0 Å². The van der Waals surface area contributed by atoms with E-state index in [2.05, 4.69) is 0 Å². The number of aliphatic hydroxyl groups is 1. The fourth-order valence-electron chi connectivity index (χ4n) is 0.957. The van der Waals surface area contributed by atoms with Gasteiger partial charge in [-0.1, -0.05) is 6.42 Å². The van der Waals surface area contributed by atoms with Crippen molar-refractivity contribution in [2.45, 2.75) is 25.4 Å². The zero-order valence-electron chi connectivity index (χ0n) is 5.08. The summed E-state index contributed by atoms with van der Waals surface area (Å²) < 4.78 is 0. The fourth-order valence-corrected chi connectivity index (χ4v) is 0.957. The van der Waals surface area contributed by atoms with Crippen molar-refractivity contribution < 1.29 is 15.0 Å². The molecule has 0 aliphatic heterocycles. The number of carbonyl (C=O) groups is 1. The summed E-state index contributed by atoms with van der Waals surface area (Å²) >= 11 is 0. The lowest BCUT2D eigenvalue weighted by Gasteiger charge is -2.27. The van der Waals surface area contributed by atoms with E-state index in [9.17, 15) is 4.79 Å². The van der Waals surface area contributed by atoms with E-state index >= 15 is 0 Å². The van der Waals surface area contributed by atoms with Gasteiger partial charge in [-0.25, -0.2) is 4.79 Å². The van der Waals surface area contributed by atoms with E-state index in [0.29, 0.717) is 0 Å². The van der Waals surface area contributed by atoms with Gasteiger partial charge in [0.15, 0.2) is 6.10 Å². The second-order valence-electron chi connectivity index (χ2n) is 2.47. The predicted octanol–water partition coefficient (Wildman–Crippen LogP) is 0.232. The van der Waals surface area contributed by atoms with Gasteiger partial charge in [0.2, 0.25) is 0 Å². The summed E-state index contributed by atoms with van der Waals surface area (Å²) in [4.78, 5) is 10.1. The Morgan fingerprint density at radius 1 is 1.56 bits per heavy atom. The van der Waals surface area contributed by atoms with Crippen LogP contribution in [-0.2, 0) is 4.79 Å². The van der Waals surface area contributed by atoms with Gasteiger partial charge >= 0.3 is 5.97 Å². The lowest BCUT2D eigenvalue weighted by atomic mass is 9.81. The third kappa shape index (κ3) is 1.21. The van der Waals surface area contributed by atoms with Gasteiger partial charge in [0.1, 0.15) is 0 Å². The minimum Gasteiger partial charge on any atom is -0.479 e.